The van der Waals surface area contributed by atoms with E-state index in [0.717, 1.165) is 12.8 Å². The maximum Gasteiger partial charge on any atom is 0.307 e. The lowest BCUT2D eigenvalue weighted by Gasteiger charge is -2.61. The van der Waals surface area contributed by atoms with Crippen LogP contribution in [0.3, 0.4) is 0 Å². The maximum absolute atomic E-state index is 13.6. The number of carbonyl (C=O) groups excluding carboxylic acids is 2. The molecule has 3 aliphatic heterocycles. The van der Waals surface area contributed by atoms with Crippen molar-refractivity contribution < 1.29 is 48.6 Å². The third-order valence-electron chi connectivity index (χ3n) is 10.3. The van der Waals surface area contributed by atoms with Crippen LogP contribution in [0.25, 0.3) is 0 Å². The first-order chi connectivity index (χ1) is 19.8. The van der Waals surface area contributed by atoms with E-state index in [9.17, 15) is 24.9 Å². The Morgan fingerprint density at radius 3 is 2.50 bits per heavy atom. The molecule has 0 radical (unpaired) electrons. The Balaban J connectivity index is 1.57. The van der Waals surface area contributed by atoms with Gasteiger partial charge in [0.05, 0.1) is 12.2 Å². The number of carbonyl (C=O) groups is 2. The van der Waals surface area contributed by atoms with Crippen LogP contribution in [0.2, 0.25) is 0 Å². The zero-order valence-corrected chi connectivity index (χ0v) is 24.6. The smallest absolute Gasteiger partial charge is 0.307 e. The highest BCUT2D eigenvalue weighted by molar-refractivity contribution is 6.05. The Labute approximate surface area is 245 Å². The number of esters is 1. The number of ether oxygens (including phenoxy) is 5. The zero-order valence-electron chi connectivity index (χ0n) is 24.6. The summed E-state index contributed by atoms with van der Waals surface area (Å²) in [6.07, 6.45) is 10.0. The van der Waals surface area contributed by atoms with Gasteiger partial charge in [-0.05, 0) is 31.4 Å². The first kappa shape index (κ1) is 29.6. The minimum atomic E-state index is -2.39. The van der Waals surface area contributed by atoms with Gasteiger partial charge in [-0.15, -0.1) is 0 Å². The Morgan fingerprint density at radius 1 is 1.14 bits per heavy atom. The molecule has 2 saturated carbocycles. The summed E-state index contributed by atoms with van der Waals surface area (Å²) in [6.45, 7) is 12.1. The normalized spacial score (nSPS) is 50.1. The van der Waals surface area contributed by atoms with Crippen molar-refractivity contribution in [3.63, 3.8) is 0 Å². The monoisotopic (exact) mass is 584 g/mol. The predicted octanol–water partition coefficient (Wildman–Crippen LogP) is 2.19. The lowest BCUT2D eigenvalue weighted by atomic mass is 9.53. The molecular formula is C32H40O10. The summed E-state index contributed by atoms with van der Waals surface area (Å²) in [5.74, 6) is -5.65. The molecule has 12 atom stereocenters. The van der Waals surface area contributed by atoms with Crippen LogP contribution in [0.5, 0.6) is 0 Å². The number of unbranched alkanes of at least 4 members (excludes halogenated alkanes) is 1. The van der Waals surface area contributed by atoms with E-state index in [1.165, 1.54) is 6.92 Å². The van der Waals surface area contributed by atoms with Gasteiger partial charge < -0.3 is 39.0 Å². The molecule has 0 aromatic heterocycles. The van der Waals surface area contributed by atoms with Crippen LogP contribution in [-0.4, -0.2) is 86.5 Å². The van der Waals surface area contributed by atoms with E-state index in [4.69, 9.17) is 23.7 Å². The molecule has 3 heterocycles. The second-order valence-corrected chi connectivity index (χ2v) is 12.6. The van der Waals surface area contributed by atoms with Crippen LogP contribution in [0, 0.1) is 17.8 Å². The van der Waals surface area contributed by atoms with Crippen molar-refractivity contribution in [2.75, 3.05) is 6.61 Å². The van der Waals surface area contributed by atoms with E-state index in [0.29, 0.717) is 5.57 Å². The van der Waals surface area contributed by atoms with Gasteiger partial charge >= 0.3 is 11.9 Å². The molecule has 10 heteroatoms. The molecule has 10 nitrogen and oxygen atoms in total. The Hall–Kier alpha value is -2.44. The van der Waals surface area contributed by atoms with Gasteiger partial charge in [-0.3, -0.25) is 9.59 Å². The molecule has 3 N–H and O–H groups in total. The minimum absolute atomic E-state index is 0.240. The SMILES string of the molecule is C=C(C)[C@@]12O[C@@]3(/C=C/C=C/C=C/CCC)O[C@@H]1[C@@H]1[C@@H]4O[C@]4(CO)[C@@H](O)[C@]4(O)C(=O)C(C)=C[C@H]4C1(O3)[C@H](C)[C@H]2OC(C)=O. The Morgan fingerprint density at radius 2 is 1.86 bits per heavy atom. The van der Waals surface area contributed by atoms with Gasteiger partial charge in [0.2, 0.25) is 0 Å². The largest absolute Gasteiger partial charge is 0.459 e. The highest BCUT2D eigenvalue weighted by Crippen LogP contribution is 2.73. The molecule has 0 spiro atoms. The number of hydrogen-bond acceptors (Lipinski definition) is 10. The Kier molecular flexibility index (Phi) is 6.72. The van der Waals surface area contributed by atoms with Crippen molar-refractivity contribution in [2.45, 2.75) is 100 Å². The van der Waals surface area contributed by atoms with Gasteiger partial charge in [-0.1, -0.05) is 63.3 Å². The maximum atomic E-state index is 13.6. The van der Waals surface area contributed by atoms with E-state index < -0.39 is 88.9 Å². The van der Waals surface area contributed by atoms with Gasteiger partial charge in [0.25, 0.3) is 0 Å². The summed E-state index contributed by atoms with van der Waals surface area (Å²) in [6, 6.07) is 0. The molecule has 1 unspecified atom stereocenters. The molecule has 3 aliphatic carbocycles. The van der Waals surface area contributed by atoms with Crippen molar-refractivity contribution in [3.05, 3.63) is 60.3 Å². The van der Waals surface area contributed by atoms with Crippen LogP contribution in [0.1, 0.15) is 47.5 Å². The number of aliphatic hydroxyl groups excluding tert-OH is 2. The summed E-state index contributed by atoms with van der Waals surface area (Å²) in [7, 11) is 0. The lowest BCUT2D eigenvalue weighted by Crippen LogP contribution is -2.76. The highest BCUT2D eigenvalue weighted by atomic mass is 16.9. The third kappa shape index (κ3) is 3.45. The van der Waals surface area contributed by atoms with Crippen LogP contribution in [-0.2, 0) is 33.3 Å². The molecule has 0 aromatic rings. The van der Waals surface area contributed by atoms with Crippen molar-refractivity contribution in [1.82, 2.24) is 0 Å². The summed E-state index contributed by atoms with van der Waals surface area (Å²) in [4.78, 5) is 26.2. The summed E-state index contributed by atoms with van der Waals surface area (Å²) >= 11 is 0. The molecule has 3 saturated heterocycles. The van der Waals surface area contributed by atoms with Gasteiger partial charge in [0.1, 0.15) is 30.0 Å². The number of Topliss-reactive ketones (excluding diaryl/α,β-unsaturated/α-hetero) is 1. The minimum Gasteiger partial charge on any atom is -0.459 e. The van der Waals surface area contributed by atoms with Crippen molar-refractivity contribution in [2.24, 2.45) is 17.8 Å². The fourth-order valence-electron chi connectivity index (χ4n) is 8.45. The zero-order chi connectivity index (χ0) is 30.5. The summed E-state index contributed by atoms with van der Waals surface area (Å²) in [5, 5.41) is 34.4. The van der Waals surface area contributed by atoms with Gasteiger partial charge in [0.15, 0.2) is 17.0 Å². The molecule has 6 rings (SSSR count). The molecule has 228 valence electrons. The number of epoxide rings is 1. The topological polar surface area (TPSA) is 144 Å². The first-order valence-corrected chi connectivity index (χ1v) is 14.7. The van der Waals surface area contributed by atoms with E-state index >= 15 is 0 Å². The predicted molar refractivity (Wildman–Crippen MR) is 148 cm³/mol. The first-order valence-electron chi connectivity index (χ1n) is 14.7. The number of aliphatic hydroxyl groups is 3. The second kappa shape index (κ2) is 9.53. The summed E-state index contributed by atoms with van der Waals surface area (Å²) < 4.78 is 32.3. The fraction of sp³-hybridized carbons (Fsp3) is 0.625. The third-order valence-corrected chi connectivity index (χ3v) is 10.3. The quantitative estimate of drug-likeness (QED) is 0.168. The Bertz CT molecular complexity index is 1330. The van der Waals surface area contributed by atoms with Crippen LogP contribution >= 0.6 is 0 Å². The van der Waals surface area contributed by atoms with Gasteiger partial charge in [0, 0.05) is 30.8 Å². The molecule has 5 fully saturated rings. The van der Waals surface area contributed by atoms with Crippen LogP contribution < -0.4 is 0 Å². The van der Waals surface area contributed by atoms with E-state index in [1.54, 1.807) is 38.2 Å². The molecular weight excluding hydrogens is 544 g/mol. The highest BCUT2D eigenvalue weighted by Gasteiger charge is 2.90. The number of allylic oxidation sites excluding steroid dienone is 5. The summed E-state index contributed by atoms with van der Waals surface area (Å²) in [5.41, 5.74) is -6.19. The van der Waals surface area contributed by atoms with Crippen molar-refractivity contribution in [3.8, 4) is 0 Å². The van der Waals surface area contributed by atoms with Crippen LogP contribution in [0.15, 0.2) is 60.3 Å². The second-order valence-electron chi connectivity index (χ2n) is 12.6. The number of rotatable bonds is 8. The van der Waals surface area contributed by atoms with Gasteiger partial charge in [-0.25, -0.2) is 0 Å². The number of fused-ring (bicyclic) bond motifs is 3. The number of ketones is 1. The molecule has 3 bridgehead atoms. The standard InChI is InChI=1S/C32H40O10/c1-7-8-9-10-11-12-13-14-29-40-26-22-25-28(16-33,39-25)27(36)30(37)21(15-18(4)23(30)35)32(22,42-29)19(5)24(38-20(6)34)31(26,41-29)17(2)3/h9-15,19,21-22,24-27,33,36-37H,2,7-8,16H2,1,3-6H3/b10-9+,12-11+,14-13+/t19-,21-,22+,24-,25+,26-,27-,28+,29-,30-,31+,32?/m1/s1. The van der Waals surface area contributed by atoms with E-state index in [-0.39, 0.29) is 5.57 Å². The fourth-order valence-corrected chi connectivity index (χ4v) is 8.45. The molecule has 42 heavy (non-hydrogen) atoms. The van der Waals surface area contributed by atoms with Gasteiger partial charge in [-0.2, -0.15) is 0 Å². The van der Waals surface area contributed by atoms with Crippen molar-refractivity contribution >= 4 is 11.8 Å². The average molecular weight is 585 g/mol. The van der Waals surface area contributed by atoms with E-state index in [1.807, 2.05) is 19.1 Å². The van der Waals surface area contributed by atoms with Crippen molar-refractivity contribution in [1.29, 1.82) is 0 Å². The molecule has 0 amide bonds. The average Bonchev–Trinajstić information content (AvgIpc) is 3.57. The number of hydrogen-bond donors (Lipinski definition) is 3. The van der Waals surface area contributed by atoms with Crippen LogP contribution in [0.4, 0.5) is 0 Å². The molecule has 6 aliphatic rings. The lowest BCUT2D eigenvalue weighted by molar-refractivity contribution is -0.407. The molecule has 0 aromatic carbocycles. The van der Waals surface area contributed by atoms with E-state index in [2.05, 4.69) is 19.6 Å².